The lowest BCUT2D eigenvalue weighted by Gasteiger charge is -2.32. The van der Waals surface area contributed by atoms with E-state index in [1.54, 1.807) is 0 Å². The summed E-state index contributed by atoms with van der Waals surface area (Å²) < 4.78 is 18.4. The molecule has 2 unspecified atom stereocenters. The van der Waals surface area contributed by atoms with Gasteiger partial charge in [0.15, 0.2) is 0 Å². The number of hydrogen-bond acceptors (Lipinski definition) is 5. The highest BCUT2D eigenvalue weighted by Gasteiger charge is 2.42. The Hall–Kier alpha value is 0.407. The summed E-state index contributed by atoms with van der Waals surface area (Å²) in [5, 5.41) is 0. The quantitative estimate of drug-likeness (QED) is 0.0970. The molecule has 32 heavy (non-hydrogen) atoms. The minimum absolute atomic E-state index is 0.576. The Morgan fingerprint density at radius 1 is 0.812 bits per heavy atom. The molecule has 6 heteroatoms. The van der Waals surface area contributed by atoms with Crippen molar-refractivity contribution < 1.29 is 13.4 Å². The second-order valence-corrected chi connectivity index (χ2v) is 12.9. The molecule has 1 heterocycles. The summed E-state index contributed by atoms with van der Waals surface area (Å²) in [6.07, 6.45) is 24.2. The lowest BCUT2D eigenvalue weighted by atomic mass is 10.0. The monoisotopic (exact) mass is 489 g/mol. The van der Waals surface area contributed by atoms with Crippen molar-refractivity contribution in [1.82, 2.24) is 5.48 Å². The molecule has 192 valence electrons. The van der Waals surface area contributed by atoms with E-state index in [4.69, 9.17) is 13.4 Å². The molecule has 0 amide bonds. The Bertz CT molecular complexity index is 393. The Morgan fingerprint density at radius 2 is 1.34 bits per heavy atom. The minimum atomic E-state index is -2.58. The maximum atomic E-state index is 6.26. The molecular weight excluding hydrogens is 434 g/mol. The van der Waals surface area contributed by atoms with Crippen molar-refractivity contribution in [3.8, 4) is 0 Å². The van der Waals surface area contributed by atoms with Crippen molar-refractivity contribution in [1.29, 1.82) is 0 Å². The Morgan fingerprint density at radius 3 is 1.88 bits per heavy atom. The average molecular weight is 490 g/mol. The topological polar surface area (TPSA) is 39.7 Å². The molecule has 0 aliphatic carbocycles. The van der Waals surface area contributed by atoms with Crippen LogP contribution in [0.15, 0.2) is 0 Å². The zero-order valence-electron chi connectivity index (χ0n) is 21.5. The molecule has 0 aromatic carbocycles. The number of unbranched alkanes of at least 4 members (excludes halogenated alkanes) is 15. The first-order valence-corrected chi connectivity index (χ1v) is 16.6. The van der Waals surface area contributed by atoms with Crippen LogP contribution in [-0.2, 0) is 13.4 Å². The van der Waals surface area contributed by atoms with Crippen molar-refractivity contribution in [3.63, 3.8) is 0 Å². The fourth-order valence-electron chi connectivity index (χ4n) is 4.28. The van der Waals surface area contributed by atoms with Crippen LogP contribution in [0, 0.1) is 5.92 Å². The van der Waals surface area contributed by atoms with Crippen LogP contribution >= 0.6 is 12.6 Å². The summed E-state index contributed by atoms with van der Waals surface area (Å²) in [6.45, 7) is 6.90. The van der Waals surface area contributed by atoms with E-state index in [0.717, 1.165) is 50.8 Å². The van der Waals surface area contributed by atoms with E-state index in [1.165, 1.54) is 96.3 Å². The molecule has 0 aromatic heterocycles. The van der Waals surface area contributed by atoms with E-state index in [9.17, 15) is 0 Å². The second-order valence-electron chi connectivity index (χ2n) is 9.85. The van der Waals surface area contributed by atoms with Crippen molar-refractivity contribution in [2.75, 3.05) is 25.5 Å². The normalized spacial score (nSPS) is 22.0. The van der Waals surface area contributed by atoms with Gasteiger partial charge in [0, 0.05) is 25.8 Å². The predicted molar refractivity (Wildman–Crippen MR) is 143 cm³/mol. The van der Waals surface area contributed by atoms with Crippen LogP contribution in [0.25, 0.3) is 0 Å². The third kappa shape index (κ3) is 16.9. The van der Waals surface area contributed by atoms with Gasteiger partial charge in [0.1, 0.15) is 0 Å². The third-order valence-corrected chi connectivity index (χ3v) is 9.58. The number of hydroxylamine groups is 1. The first-order valence-electron chi connectivity index (χ1n) is 14.0. The van der Waals surface area contributed by atoms with Gasteiger partial charge in [-0.15, -0.1) is 0 Å². The van der Waals surface area contributed by atoms with Crippen molar-refractivity contribution >= 4 is 21.4 Å². The SMILES string of the molecule is CCCCCCCCCCCCCCCCCCO[Si]1(CCCS)OCCC(C)CNO1. The molecular formula is C26H55NO3SSi. The van der Waals surface area contributed by atoms with Gasteiger partial charge in [-0.3, -0.25) is 4.53 Å². The summed E-state index contributed by atoms with van der Waals surface area (Å²) in [7, 11) is -2.58. The summed E-state index contributed by atoms with van der Waals surface area (Å²) in [4.78, 5) is 0. The van der Waals surface area contributed by atoms with E-state index in [1.807, 2.05) is 0 Å². The van der Waals surface area contributed by atoms with Crippen LogP contribution < -0.4 is 5.48 Å². The highest BCUT2D eigenvalue weighted by atomic mass is 32.1. The van der Waals surface area contributed by atoms with E-state index in [-0.39, 0.29) is 0 Å². The molecule has 1 aliphatic heterocycles. The summed E-state index contributed by atoms with van der Waals surface area (Å²) >= 11 is 4.36. The molecule has 0 saturated carbocycles. The molecule has 0 bridgehead atoms. The molecule has 1 aliphatic rings. The maximum Gasteiger partial charge on any atom is 0.517 e. The molecule has 1 fully saturated rings. The fraction of sp³-hybridized carbons (Fsp3) is 1.00. The van der Waals surface area contributed by atoms with Gasteiger partial charge < -0.3 is 8.85 Å². The highest BCUT2D eigenvalue weighted by Crippen LogP contribution is 2.21. The van der Waals surface area contributed by atoms with E-state index in [0.29, 0.717) is 5.92 Å². The molecule has 4 nitrogen and oxygen atoms in total. The number of thiol groups is 1. The van der Waals surface area contributed by atoms with Crippen LogP contribution in [0.1, 0.15) is 129 Å². The predicted octanol–water partition coefficient (Wildman–Crippen LogP) is 8.10. The van der Waals surface area contributed by atoms with Crippen LogP contribution in [0.2, 0.25) is 6.04 Å². The summed E-state index contributed by atoms with van der Waals surface area (Å²) in [5.41, 5.74) is 3.13. The van der Waals surface area contributed by atoms with E-state index < -0.39 is 8.80 Å². The van der Waals surface area contributed by atoms with Crippen LogP contribution in [0.3, 0.4) is 0 Å². The van der Waals surface area contributed by atoms with Crippen molar-refractivity contribution in [2.45, 2.75) is 135 Å². The zero-order valence-corrected chi connectivity index (χ0v) is 23.4. The van der Waals surface area contributed by atoms with E-state index >= 15 is 0 Å². The van der Waals surface area contributed by atoms with Gasteiger partial charge in [-0.05, 0) is 30.9 Å². The highest BCUT2D eigenvalue weighted by molar-refractivity contribution is 7.80. The van der Waals surface area contributed by atoms with Gasteiger partial charge >= 0.3 is 8.80 Å². The smallest absolute Gasteiger partial charge is 0.373 e. The minimum Gasteiger partial charge on any atom is -0.373 e. The number of hydrogen-bond donors (Lipinski definition) is 2. The second kappa shape index (κ2) is 21.9. The van der Waals surface area contributed by atoms with Gasteiger partial charge in [0.25, 0.3) is 0 Å². The maximum absolute atomic E-state index is 6.26. The zero-order chi connectivity index (χ0) is 23.2. The molecule has 0 radical (unpaired) electrons. The van der Waals surface area contributed by atoms with E-state index in [2.05, 4.69) is 32.0 Å². The van der Waals surface area contributed by atoms with Gasteiger partial charge in [0.2, 0.25) is 0 Å². The Kier molecular flexibility index (Phi) is 20.8. The van der Waals surface area contributed by atoms with Gasteiger partial charge in [-0.1, -0.05) is 110 Å². The summed E-state index contributed by atoms with van der Waals surface area (Å²) in [5.74, 6) is 1.42. The largest absolute Gasteiger partial charge is 0.517 e. The van der Waals surface area contributed by atoms with Gasteiger partial charge in [-0.2, -0.15) is 12.6 Å². The molecule has 0 spiro atoms. The third-order valence-electron chi connectivity index (χ3n) is 6.55. The molecule has 2 atom stereocenters. The van der Waals surface area contributed by atoms with Crippen molar-refractivity contribution in [3.05, 3.63) is 0 Å². The first kappa shape index (κ1) is 30.4. The number of rotatable bonds is 21. The van der Waals surface area contributed by atoms with Crippen molar-refractivity contribution in [2.24, 2.45) is 5.92 Å². The Labute approximate surface area is 207 Å². The fourth-order valence-corrected chi connectivity index (χ4v) is 7.13. The average Bonchev–Trinajstić information content (AvgIpc) is 2.78. The molecule has 1 rings (SSSR count). The lowest BCUT2D eigenvalue weighted by molar-refractivity contribution is -0.00168. The molecule has 1 N–H and O–H groups in total. The summed E-state index contributed by atoms with van der Waals surface area (Å²) in [6, 6.07) is 0.858. The standard InChI is InChI=1S/C26H55NO3SSi/c1-3-4-5-6-7-8-9-10-11-12-13-14-15-16-17-18-21-28-32(24-19-23-31)29-22-20-26(2)25-27-30-32/h26-27,31H,3-25H2,1-2H3. The van der Waals surface area contributed by atoms with Crippen LogP contribution in [0.4, 0.5) is 0 Å². The lowest BCUT2D eigenvalue weighted by Crippen LogP contribution is -2.52. The molecule has 1 saturated heterocycles. The number of nitrogens with one attached hydrogen (secondary N) is 1. The first-order chi connectivity index (χ1) is 15.7. The van der Waals surface area contributed by atoms with Gasteiger partial charge in [-0.25, -0.2) is 5.48 Å². The molecule has 0 aromatic rings. The van der Waals surface area contributed by atoms with Gasteiger partial charge in [0.05, 0.1) is 0 Å². The van der Waals surface area contributed by atoms with Crippen LogP contribution in [-0.4, -0.2) is 34.3 Å². The van der Waals surface area contributed by atoms with Crippen LogP contribution in [0.5, 0.6) is 0 Å². The Balaban J connectivity index is 1.95.